The maximum atomic E-state index is 12.2. The lowest BCUT2D eigenvalue weighted by molar-refractivity contribution is -0.115. The molecular weight excluding hydrogens is 330 g/mol. The first kappa shape index (κ1) is 15.6. The summed E-state index contributed by atoms with van der Waals surface area (Å²) in [7, 11) is 0. The van der Waals surface area contributed by atoms with E-state index in [0.29, 0.717) is 21.9 Å². The Bertz CT molecular complexity index is 908. The Morgan fingerprint density at radius 2 is 2.22 bits per heavy atom. The van der Waals surface area contributed by atoms with Crippen molar-refractivity contribution < 1.29 is 4.79 Å². The lowest BCUT2D eigenvalue weighted by Gasteiger charge is -2.06. The molecule has 118 valence electrons. The van der Waals surface area contributed by atoms with E-state index in [0.717, 1.165) is 22.0 Å². The molecule has 2 heterocycles. The van der Waals surface area contributed by atoms with Crippen molar-refractivity contribution in [2.45, 2.75) is 20.3 Å². The zero-order valence-corrected chi connectivity index (χ0v) is 14.3. The van der Waals surface area contributed by atoms with Crippen LogP contribution < -0.4 is 5.32 Å². The van der Waals surface area contributed by atoms with Gasteiger partial charge >= 0.3 is 0 Å². The van der Waals surface area contributed by atoms with Crippen LogP contribution in [0.25, 0.3) is 11.4 Å². The fraction of sp³-hybridized carbons (Fsp3) is 0.200. The number of nitrogens with one attached hydrogen (secondary N) is 3. The summed E-state index contributed by atoms with van der Waals surface area (Å²) in [4.78, 5) is 20.5. The molecule has 23 heavy (non-hydrogen) atoms. The average Bonchev–Trinajstić information content (AvgIpc) is 3.05. The Labute approximate surface area is 142 Å². The molecule has 0 aliphatic heterocycles. The third-order valence-corrected chi connectivity index (χ3v) is 4.58. The van der Waals surface area contributed by atoms with E-state index in [-0.39, 0.29) is 5.91 Å². The van der Waals surface area contributed by atoms with Crippen LogP contribution in [0.5, 0.6) is 0 Å². The minimum atomic E-state index is -0.0818. The standard InChI is InChI=1S/C15H15N5OS2/c1-8-12(23-15(22)16-8)7-13(21)18-11-5-3-4-10(6-11)14-17-9(2)19-20-14/h3-6H,7H2,1-2H3,(H,16,22)(H,18,21)(H,17,19,20). The van der Waals surface area contributed by atoms with Crippen LogP contribution in [0.1, 0.15) is 16.4 Å². The second kappa shape index (κ2) is 6.43. The van der Waals surface area contributed by atoms with Crippen molar-refractivity contribution in [1.29, 1.82) is 0 Å². The number of amides is 1. The van der Waals surface area contributed by atoms with Crippen molar-refractivity contribution in [3.8, 4) is 11.4 Å². The summed E-state index contributed by atoms with van der Waals surface area (Å²) in [5, 5.41) is 9.83. The van der Waals surface area contributed by atoms with Crippen LogP contribution in [-0.2, 0) is 11.2 Å². The third kappa shape index (κ3) is 3.72. The van der Waals surface area contributed by atoms with E-state index in [1.165, 1.54) is 11.3 Å². The van der Waals surface area contributed by atoms with Crippen molar-refractivity contribution in [1.82, 2.24) is 20.2 Å². The Morgan fingerprint density at radius 3 is 2.87 bits per heavy atom. The molecule has 0 aliphatic carbocycles. The molecule has 1 amide bonds. The second-order valence-electron chi connectivity index (χ2n) is 5.11. The molecule has 0 saturated heterocycles. The van der Waals surface area contributed by atoms with Gasteiger partial charge in [-0.05, 0) is 38.2 Å². The maximum Gasteiger partial charge on any atom is 0.229 e. The highest BCUT2D eigenvalue weighted by atomic mass is 32.1. The van der Waals surface area contributed by atoms with Crippen molar-refractivity contribution in [3.05, 3.63) is 44.6 Å². The monoisotopic (exact) mass is 345 g/mol. The molecule has 6 nitrogen and oxygen atoms in total. The number of aromatic nitrogens is 4. The molecule has 3 N–H and O–H groups in total. The van der Waals surface area contributed by atoms with Gasteiger partial charge in [0.15, 0.2) is 9.78 Å². The summed E-state index contributed by atoms with van der Waals surface area (Å²) in [6, 6.07) is 7.46. The van der Waals surface area contributed by atoms with Gasteiger partial charge in [0.2, 0.25) is 5.91 Å². The van der Waals surface area contributed by atoms with E-state index >= 15 is 0 Å². The topological polar surface area (TPSA) is 86.5 Å². The molecule has 0 aliphatic rings. The van der Waals surface area contributed by atoms with Gasteiger partial charge < -0.3 is 10.3 Å². The predicted octanol–water partition coefficient (Wildman–Crippen LogP) is 3.39. The van der Waals surface area contributed by atoms with E-state index < -0.39 is 0 Å². The second-order valence-corrected chi connectivity index (χ2v) is 6.88. The molecule has 3 rings (SSSR count). The number of carbonyl (C=O) groups excluding carboxylic acids is 1. The first-order valence-corrected chi connectivity index (χ1v) is 8.21. The number of benzene rings is 1. The fourth-order valence-electron chi connectivity index (χ4n) is 2.16. The third-order valence-electron chi connectivity index (χ3n) is 3.25. The van der Waals surface area contributed by atoms with Gasteiger partial charge in [-0.1, -0.05) is 12.1 Å². The molecule has 8 heteroatoms. The summed E-state index contributed by atoms with van der Waals surface area (Å²) in [5.41, 5.74) is 2.51. The SMILES string of the molecule is Cc1nc(-c2cccc(NC(=O)Cc3sc(=S)[nH]c3C)c2)n[nH]1. The molecule has 0 spiro atoms. The molecule has 2 aromatic heterocycles. The number of anilines is 1. The number of hydrogen-bond donors (Lipinski definition) is 3. The molecule has 0 saturated carbocycles. The van der Waals surface area contributed by atoms with Gasteiger partial charge in [0.05, 0.1) is 6.42 Å². The van der Waals surface area contributed by atoms with Crippen LogP contribution in [0.15, 0.2) is 24.3 Å². The molecule has 0 atom stereocenters. The molecule has 0 bridgehead atoms. The summed E-state index contributed by atoms with van der Waals surface area (Å²) in [6.07, 6.45) is 0.299. The Hall–Kier alpha value is -2.32. The summed E-state index contributed by atoms with van der Waals surface area (Å²) >= 11 is 6.52. The smallest absolute Gasteiger partial charge is 0.229 e. The number of aryl methyl sites for hydroxylation is 2. The number of hydrogen-bond acceptors (Lipinski definition) is 5. The normalized spacial score (nSPS) is 10.7. The van der Waals surface area contributed by atoms with Crippen molar-refractivity contribution in [2.75, 3.05) is 5.32 Å². The number of thiazole rings is 1. The van der Waals surface area contributed by atoms with E-state index in [1.807, 2.05) is 38.1 Å². The van der Waals surface area contributed by atoms with Crippen LogP contribution in [0.4, 0.5) is 5.69 Å². The average molecular weight is 345 g/mol. The zero-order chi connectivity index (χ0) is 16.4. The Kier molecular flexibility index (Phi) is 4.35. The summed E-state index contributed by atoms with van der Waals surface area (Å²) in [6.45, 7) is 3.76. The first-order valence-electron chi connectivity index (χ1n) is 6.99. The molecule has 0 radical (unpaired) electrons. The van der Waals surface area contributed by atoms with Gasteiger partial charge in [-0.2, -0.15) is 5.10 Å². The van der Waals surface area contributed by atoms with Gasteiger partial charge in [-0.3, -0.25) is 9.89 Å². The van der Waals surface area contributed by atoms with Crippen LogP contribution in [0.2, 0.25) is 0 Å². The summed E-state index contributed by atoms with van der Waals surface area (Å²) in [5.74, 6) is 1.28. The molecule has 0 unspecified atom stereocenters. The number of carbonyl (C=O) groups is 1. The van der Waals surface area contributed by atoms with Crippen LogP contribution in [-0.4, -0.2) is 26.1 Å². The molecule has 1 aromatic carbocycles. The number of H-pyrrole nitrogens is 2. The van der Waals surface area contributed by atoms with Gasteiger partial charge in [0.1, 0.15) is 5.82 Å². The lowest BCUT2D eigenvalue weighted by atomic mass is 10.2. The van der Waals surface area contributed by atoms with E-state index in [9.17, 15) is 4.79 Å². The highest BCUT2D eigenvalue weighted by molar-refractivity contribution is 7.73. The number of aromatic amines is 2. The van der Waals surface area contributed by atoms with Crippen molar-refractivity contribution >= 4 is 35.1 Å². The minimum absolute atomic E-state index is 0.0818. The molecule has 3 aromatic rings. The van der Waals surface area contributed by atoms with Gasteiger partial charge in [0.25, 0.3) is 0 Å². The van der Waals surface area contributed by atoms with E-state index in [2.05, 4.69) is 25.5 Å². The highest BCUT2D eigenvalue weighted by Crippen LogP contribution is 2.20. The van der Waals surface area contributed by atoms with Crippen LogP contribution in [0.3, 0.4) is 0 Å². The van der Waals surface area contributed by atoms with Gasteiger partial charge in [-0.15, -0.1) is 11.3 Å². The van der Waals surface area contributed by atoms with Crippen molar-refractivity contribution in [2.24, 2.45) is 0 Å². The van der Waals surface area contributed by atoms with Crippen LogP contribution in [0, 0.1) is 17.8 Å². The highest BCUT2D eigenvalue weighted by Gasteiger charge is 2.10. The quantitative estimate of drug-likeness (QED) is 0.633. The number of nitrogens with zero attached hydrogens (tertiary/aromatic N) is 2. The van der Waals surface area contributed by atoms with E-state index in [1.54, 1.807) is 0 Å². The summed E-state index contributed by atoms with van der Waals surface area (Å²) < 4.78 is 0.687. The fourth-order valence-corrected chi connectivity index (χ4v) is 3.45. The van der Waals surface area contributed by atoms with Crippen LogP contribution >= 0.6 is 23.6 Å². The van der Waals surface area contributed by atoms with E-state index in [4.69, 9.17) is 12.2 Å². The van der Waals surface area contributed by atoms with Gasteiger partial charge in [0, 0.05) is 21.8 Å². The predicted molar refractivity (Wildman–Crippen MR) is 93.1 cm³/mol. The largest absolute Gasteiger partial charge is 0.341 e. The Morgan fingerprint density at radius 1 is 1.39 bits per heavy atom. The maximum absolute atomic E-state index is 12.2. The van der Waals surface area contributed by atoms with Crippen molar-refractivity contribution in [3.63, 3.8) is 0 Å². The zero-order valence-electron chi connectivity index (χ0n) is 12.6. The minimum Gasteiger partial charge on any atom is -0.341 e. The number of rotatable bonds is 4. The first-order chi connectivity index (χ1) is 11.0. The lowest BCUT2D eigenvalue weighted by Crippen LogP contribution is -2.14. The molecule has 0 fully saturated rings. The van der Waals surface area contributed by atoms with Gasteiger partial charge in [-0.25, -0.2) is 4.98 Å². The Balaban J connectivity index is 1.74. The molecular formula is C15H15N5OS2.